The summed E-state index contributed by atoms with van der Waals surface area (Å²) < 4.78 is 0. The Hall–Kier alpha value is -1.06. The molecule has 1 amide bonds. The van der Waals surface area contributed by atoms with E-state index in [-0.39, 0.29) is 17.7 Å². The van der Waals surface area contributed by atoms with Gasteiger partial charge in [-0.1, -0.05) is 26.7 Å². The number of carboxylic acid groups (broad SMARTS) is 1. The van der Waals surface area contributed by atoms with Gasteiger partial charge in [0.15, 0.2) is 0 Å². The van der Waals surface area contributed by atoms with Gasteiger partial charge in [-0.25, -0.2) is 0 Å². The van der Waals surface area contributed by atoms with Crippen LogP contribution in [0.3, 0.4) is 0 Å². The van der Waals surface area contributed by atoms with Crippen LogP contribution in [0, 0.1) is 17.8 Å². The fourth-order valence-electron chi connectivity index (χ4n) is 2.48. The summed E-state index contributed by atoms with van der Waals surface area (Å²) in [5, 5.41) is 11.8. The normalized spacial score (nSPS) is 23.3. The smallest absolute Gasteiger partial charge is 0.306 e. The molecular formula is C14H25NO3. The molecular weight excluding hydrogens is 230 g/mol. The van der Waals surface area contributed by atoms with Gasteiger partial charge in [-0.2, -0.15) is 0 Å². The number of amides is 1. The topological polar surface area (TPSA) is 66.4 Å². The number of carboxylic acids is 1. The molecule has 0 radical (unpaired) electrons. The third-order valence-electron chi connectivity index (χ3n) is 3.66. The van der Waals surface area contributed by atoms with Gasteiger partial charge in [0.2, 0.25) is 5.91 Å². The lowest BCUT2D eigenvalue weighted by Gasteiger charge is -2.11. The molecule has 1 fully saturated rings. The predicted molar refractivity (Wildman–Crippen MR) is 70.2 cm³/mol. The second kappa shape index (κ2) is 7.39. The third-order valence-corrected chi connectivity index (χ3v) is 3.66. The standard InChI is InChI=1S/C14H25NO3/c1-10(2)5-3-4-8-15-13(16)11-6-7-12(9-11)14(17)18/h10-12H,3-9H2,1-2H3,(H,15,16)(H,17,18)/t11-,12+/m1/s1. The lowest BCUT2D eigenvalue weighted by atomic mass is 10.0. The van der Waals surface area contributed by atoms with Crippen LogP contribution in [0.5, 0.6) is 0 Å². The molecule has 0 heterocycles. The Kier molecular flexibility index (Phi) is 6.16. The Morgan fingerprint density at radius 3 is 2.44 bits per heavy atom. The van der Waals surface area contributed by atoms with Crippen LogP contribution in [-0.2, 0) is 9.59 Å². The number of rotatable bonds is 7. The summed E-state index contributed by atoms with van der Waals surface area (Å²) in [4.78, 5) is 22.6. The summed E-state index contributed by atoms with van der Waals surface area (Å²) in [5.41, 5.74) is 0. The van der Waals surface area contributed by atoms with Crippen LogP contribution in [0.4, 0.5) is 0 Å². The van der Waals surface area contributed by atoms with E-state index in [2.05, 4.69) is 19.2 Å². The van der Waals surface area contributed by atoms with Gasteiger partial charge in [-0.3, -0.25) is 9.59 Å². The minimum absolute atomic E-state index is 0.0447. The van der Waals surface area contributed by atoms with Gasteiger partial charge < -0.3 is 10.4 Å². The first-order valence-electron chi connectivity index (χ1n) is 7.01. The van der Waals surface area contributed by atoms with E-state index in [4.69, 9.17) is 5.11 Å². The quantitative estimate of drug-likeness (QED) is 0.687. The van der Waals surface area contributed by atoms with Crippen LogP contribution in [-0.4, -0.2) is 23.5 Å². The zero-order valence-electron chi connectivity index (χ0n) is 11.4. The van der Waals surface area contributed by atoms with E-state index in [1.54, 1.807) is 0 Å². The van der Waals surface area contributed by atoms with Crippen molar-refractivity contribution in [1.29, 1.82) is 0 Å². The Morgan fingerprint density at radius 2 is 1.89 bits per heavy atom. The minimum Gasteiger partial charge on any atom is -0.481 e. The molecule has 1 saturated carbocycles. The molecule has 4 heteroatoms. The van der Waals surface area contributed by atoms with E-state index in [0.29, 0.717) is 18.8 Å². The number of carbonyl (C=O) groups is 2. The molecule has 0 spiro atoms. The SMILES string of the molecule is CC(C)CCCCNC(=O)[C@@H]1CC[C@H](C(=O)O)C1. The van der Waals surface area contributed by atoms with Gasteiger partial charge >= 0.3 is 5.97 Å². The summed E-state index contributed by atoms with van der Waals surface area (Å²) in [6.45, 7) is 5.12. The van der Waals surface area contributed by atoms with Crippen molar-refractivity contribution < 1.29 is 14.7 Å². The van der Waals surface area contributed by atoms with Gasteiger partial charge in [-0.15, -0.1) is 0 Å². The van der Waals surface area contributed by atoms with Crippen LogP contribution >= 0.6 is 0 Å². The molecule has 0 aromatic heterocycles. The second-order valence-electron chi connectivity index (χ2n) is 5.73. The Labute approximate surface area is 109 Å². The first kappa shape index (κ1) is 15.0. The number of hydrogen-bond donors (Lipinski definition) is 2. The molecule has 2 N–H and O–H groups in total. The highest BCUT2D eigenvalue weighted by Crippen LogP contribution is 2.31. The second-order valence-corrected chi connectivity index (χ2v) is 5.73. The molecule has 104 valence electrons. The zero-order chi connectivity index (χ0) is 13.5. The van der Waals surface area contributed by atoms with Gasteiger partial charge in [0.25, 0.3) is 0 Å². The summed E-state index contributed by atoms with van der Waals surface area (Å²) in [7, 11) is 0. The fraction of sp³-hybridized carbons (Fsp3) is 0.857. The molecule has 18 heavy (non-hydrogen) atoms. The average molecular weight is 255 g/mol. The molecule has 1 aliphatic carbocycles. The lowest BCUT2D eigenvalue weighted by molar-refractivity contribution is -0.141. The highest BCUT2D eigenvalue weighted by molar-refractivity contribution is 5.80. The molecule has 2 atom stereocenters. The number of nitrogens with one attached hydrogen (secondary N) is 1. The van der Waals surface area contributed by atoms with E-state index >= 15 is 0 Å². The number of hydrogen-bond acceptors (Lipinski definition) is 2. The fourth-order valence-corrected chi connectivity index (χ4v) is 2.48. The van der Waals surface area contributed by atoms with Crippen LogP contribution in [0.1, 0.15) is 52.4 Å². The minimum atomic E-state index is -0.762. The predicted octanol–water partition coefficient (Wildman–Crippen LogP) is 2.43. The number of unbranched alkanes of at least 4 members (excludes halogenated alkanes) is 1. The molecule has 0 aromatic carbocycles. The van der Waals surface area contributed by atoms with Crippen molar-refractivity contribution in [2.45, 2.75) is 52.4 Å². The van der Waals surface area contributed by atoms with Crippen molar-refractivity contribution in [2.24, 2.45) is 17.8 Å². The van der Waals surface area contributed by atoms with Crippen LogP contribution in [0.2, 0.25) is 0 Å². The van der Waals surface area contributed by atoms with Crippen molar-refractivity contribution in [3.8, 4) is 0 Å². The third kappa shape index (κ3) is 5.07. The Morgan fingerprint density at radius 1 is 1.22 bits per heavy atom. The zero-order valence-corrected chi connectivity index (χ0v) is 11.4. The highest BCUT2D eigenvalue weighted by Gasteiger charge is 2.33. The highest BCUT2D eigenvalue weighted by atomic mass is 16.4. The van der Waals surface area contributed by atoms with E-state index < -0.39 is 5.97 Å². The van der Waals surface area contributed by atoms with Gasteiger partial charge in [0, 0.05) is 12.5 Å². The largest absolute Gasteiger partial charge is 0.481 e. The van der Waals surface area contributed by atoms with E-state index in [0.717, 1.165) is 25.8 Å². The maximum absolute atomic E-state index is 11.8. The summed E-state index contributed by atoms with van der Waals surface area (Å²) in [6.07, 6.45) is 5.21. The Balaban J connectivity index is 2.12. The molecule has 1 rings (SSSR count). The van der Waals surface area contributed by atoms with Gasteiger partial charge in [0.05, 0.1) is 5.92 Å². The molecule has 0 aliphatic heterocycles. The molecule has 4 nitrogen and oxygen atoms in total. The van der Waals surface area contributed by atoms with Crippen LogP contribution in [0.25, 0.3) is 0 Å². The maximum atomic E-state index is 11.8. The molecule has 0 aromatic rings. The first-order chi connectivity index (χ1) is 8.50. The summed E-state index contributed by atoms with van der Waals surface area (Å²) in [5.74, 6) is -0.407. The molecule has 0 bridgehead atoms. The van der Waals surface area contributed by atoms with E-state index in [1.807, 2.05) is 0 Å². The average Bonchev–Trinajstić information content (AvgIpc) is 2.77. The van der Waals surface area contributed by atoms with Crippen molar-refractivity contribution >= 4 is 11.9 Å². The molecule has 0 unspecified atom stereocenters. The van der Waals surface area contributed by atoms with Crippen LogP contribution < -0.4 is 5.32 Å². The van der Waals surface area contributed by atoms with E-state index in [1.165, 1.54) is 6.42 Å². The number of aliphatic carboxylic acids is 1. The summed E-state index contributed by atoms with van der Waals surface area (Å²) in [6, 6.07) is 0. The Bertz CT molecular complexity index is 289. The van der Waals surface area contributed by atoms with E-state index in [9.17, 15) is 9.59 Å². The number of carbonyl (C=O) groups excluding carboxylic acids is 1. The monoisotopic (exact) mass is 255 g/mol. The summed E-state index contributed by atoms with van der Waals surface area (Å²) >= 11 is 0. The van der Waals surface area contributed by atoms with Crippen molar-refractivity contribution in [3.05, 3.63) is 0 Å². The van der Waals surface area contributed by atoms with Gasteiger partial charge in [-0.05, 0) is 31.6 Å². The van der Waals surface area contributed by atoms with Crippen molar-refractivity contribution in [1.82, 2.24) is 5.32 Å². The molecule has 1 aliphatic rings. The molecule has 0 saturated heterocycles. The van der Waals surface area contributed by atoms with Crippen molar-refractivity contribution in [3.63, 3.8) is 0 Å². The maximum Gasteiger partial charge on any atom is 0.306 e. The van der Waals surface area contributed by atoms with Crippen molar-refractivity contribution in [2.75, 3.05) is 6.54 Å². The first-order valence-corrected chi connectivity index (χ1v) is 7.01. The van der Waals surface area contributed by atoms with Gasteiger partial charge in [0.1, 0.15) is 0 Å². The van der Waals surface area contributed by atoms with Crippen LogP contribution in [0.15, 0.2) is 0 Å². The lowest BCUT2D eigenvalue weighted by Crippen LogP contribution is -2.30.